The first kappa shape index (κ1) is 21.2. The fourth-order valence-electron chi connectivity index (χ4n) is 2.16. The van der Waals surface area contributed by atoms with Crippen molar-refractivity contribution in [1.29, 1.82) is 0 Å². The Bertz CT molecular complexity index is 914. The summed E-state index contributed by atoms with van der Waals surface area (Å²) in [6.07, 6.45) is 1.66. The lowest BCUT2D eigenvalue weighted by Crippen LogP contribution is -2.39. The number of carbonyl (C=O) groups excluding carboxylic acids is 2. The number of unbranched alkanes of at least 4 members (excludes halogenated alkanes) is 1. The first-order valence-corrected chi connectivity index (χ1v) is 10.9. The highest BCUT2D eigenvalue weighted by atomic mass is 127. The van der Waals surface area contributed by atoms with E-state index in [-0.39, 0.29) is 10.8 Å². The van der Waals surface area contributed by atoms with Crippen molar-refractivity contribution in [1.82, 2.24) is 10.0 Å². The van der Waals surface area contributed by atoms with Gasteiger partial charge in [0.15, 0.2) is 0 Å². The maximum absolute atomic E-state index is 12.3. The van der Waals surface area contributed by atoms with Gasteiger partial charge in [-0.25, -0.2) is 17.9 Å². The van der Waals surface area contributed by atoms with Crippen molar-refractivity contribution in [3.63, 3.8) is 0 Å². The normalized spacial score (nSPS) is 10.9. The van der Waals surface area contributed by atoms with Crippen LogP contribution < -0.4 is 15.4 Å². The summed E-state index contributed by atoms with van der Waals surface area (Å²) < 4.78 is 27.2. The van der Waals surface area contributed by atoms with Crippen molar-refractivity contribution in [2.75, 3.05) is 11.9 Å². The molecule has 7 nitrogen and oxygen atoms in total. The van der Waals surface area contributed by atoms with Crippen molar-refractivity contribution >= 4 is 50.2 Å². The SMILES string of the molecule is CCCCNC(=O)NS(=O)(=O)c1ccc(NC(=O)c2ccccc2I)cc1. The summed E-state index contributed by atoms with van der Waals surface area (Å²) in [6, 6.07) is 12.0. The Morgan fingerprint density at radius 2 is 1.70 bits per heavy atom. The van der Waals surface area contributed by atoms with E-state index < -0.39 is 16.1 Å². The van der Waals surface area contributed by atoms with Crippen LogP contribution in [0.3, 0.4) is 0 Å². The molecule has 0 aliphatic rings. The minimum atomic E-state index is -3.98. The average Bonchev–Trinajstić information content (AvgIpc) is 2.62. The van der Waals surface area contributed by atoms with Gasteiger partial charge in [0.2, 0.25) is 0 Å². The molecular formula is C18H20IN3O4S. The number of nitrogens with one attached hydrogen (secondary N) is 3. The molecule has 9 heteroatoms. The van der Waals surface area contributed by atoms with Crippen molar-refractivity contribution < 1.29 is 18.0 Å². The minimum Gasteiger partial charge on any atom is -0.337 e. The second-order valence-corrected chi connectivity index (χ2v) is 8.52. The fourth-order valence-corrected chi connectivity index (χ4v) is 3.72. The number of rotatable bonds is 7. The van der Waals surface area contributed by atoms with Crippen molar-refractivity contribution in [3.05, 3.63) is 57.7 Å². The summed E-state index contributed by atoms with van der Waals surface area (Å²) in [4.78, 5) is 23.9. The third-order valence-electron chi connectivity index (χ3n) is 3.58. The van der Waals surface area contributed by atoms with Crippen LogP contribution in [0.25, 0.3) is 0 Å². The second kappa shape index (κ2) is 9.70. The van der Waals surface area contributed by atoms with Crippen LogP contribution >= 0.6 is 22.6 Å². The molecule has 0 spiro atoms. The van der Waals surface area contributed by atoms with Gasteiger partial charge in [-0.05, 0) is 65.4 Å². The largest absolute Gasteiger partial charge is 0.337 e. The zero-order valence-corrected chi connectivity index (χ0v) is 17.6. The molecular weight excluding hydrogens is 481 g/mol. The predicted octanol–water partition coefficient (Wildman–Crippen LogP) is 3.33. The van der Waals surface area contributed by atoms with Crippen LogP contribution in [0.1, 0.15) is 30.1 Å². The summed E-state index contributed by atoms with van der Waals surface area (Å²) in [5.41, 5.74) is 0.978. The number of sulfonamides is 1. The molecule has 2 aromatic carbocycles. The lowest BCUT2D eigenvalue weighted by molar-refractivity contribution is 0.102. The molecule has 0 aliphatic heterocycles. The first-order valence-electron chi connectivity index (χ1n) is 8.30. The Labute approximate surface area is 172 Å². The smallest absolute Gasteiger partial charge is 0.328 e. The fraction of sp³-hybridized carbons (Fsp3) is 0.222. The summed E-state index contributed by atoms with van der Waals surface area (Å²) in [6.45, 7) is 2.37. The number of benzene rings is 2. The molecule has 144 valence electrons. The first-order chi connectivity index (χ1) is 12.8. The highest BCUT2D eigenvalue weighted by Gasteiger charge is 2.17. The maximum Gasteiger partial charge on any atom is 0.328 e. The molecule has 0 heterocycles. The quantitative estimate of drug-likeness (QED) is 0.400. The molecule has 0 aliphatic carbocycles. The molecule has 2 aromatic rings. The van der Waals surface area contributed by atoms with E-state index in [4.69, 9.17) is 0 Å². The molecule has 0 radical (unpaired) electrons. The minimum absolute atomic E-state index is 0.0690. The summed E-state index contributed by atoms with van der Waals surface area (Å²) in [5.74, 6) is -0.288. The zero-order valence-electron chi connectivity index (χ0n) is 14.7. The van der Waals surface area contributed by atoms with Gasteiger partial charge in [0.05, 0.1) is 10.5 Å². The van der Waals surface area contributed by atoms with E-state index in [1.807, 2.05) is 23.8 Å². The number of halogens is 1. The molecule has 2 rings (SSSR count). The molecule has 0 saturated carbocycles. The molecule has 3 amide bonds. The number of hydrogen-bond acceptors (Lipinski definition) is 4. The van der Waals surface area contributed by atoms with Gasteiger partial charge in [-0.2, -0.15) is 0 Å². The van der Waals surface area contributed by atoms with Crippen LogP contribution in [0.15, 0.2) is 53.4 Å². The summed E-state index contributed by atoms with van der Waals surface area (Å²) in [7, 11) is -3.98. The van der Waals surface area contributed by atoms with Gasteiger partial charge in [0, 0.05) is 15.8 Å². The van der Waals surface area contributed by atoms with Gasteiger partial charge >= 0.3 is 6.03 Å². The molecule has 0 saturated heterocycles. The molecule has 3 N–H and O–H groups in total. The number of anilines is 1. The standard InChI is InChI=1S/C18H20IN3O4S/c1-2-3-12-20-18(24)22-27(25,26)14-10-8-13(9-11-14)21-17(23)15-6-4-5-7-16(15)19/h4-11H,2-3,12H2,1H3,(H,21,23)(H2,20,22,24). The van der Waals surface area contributed by atoms with Gasteiger partial charge < -0.3 is 10.6 Å². The predicted molar refractivity (Wildman–Crippen MR) is 112 cm³/mol. The van der Waals surface area contributed by atoms with Gasteiger partial charge in [-0.15, -0.1) is 0 Å². The van der Waals surface area contributed by atoms with E-state index in [2.05, 4.69) is 33.2 Å². The molecule has 27 heavy (non-hydrogen) atoms. The highest BCUT2D eigenvalue weighted by molar-refractivity contribution is 14.1. The van der Waals surface area contributed by atoms with Crippen LogP contribution in [0, 0.1) is 3.57 Å². The summed E-state index contributed by atoms with van der Waals surface area (Å²) in [5, 5.41) is 5.20. The average molecular weight is 501 g/mol. The van der Waals surface area contributed by atoms with Gasteiger partial charge in [0.1, 0.15) is 0 Å². The maximum atomic E-state index is 12.3. The molecule has 0 unspecified atom stereocenters. The van der Waals surface area contributed by atoms with Gasteiger partial charge in [-0.1, -0.05) is 25.5 Å². The number of amides is 3. The molecule has 0 atom stereocenters. The lowest BCUT2D eigenvalue weighted by atomic mass is 10.2. The molecule has 0 bridgehead atoms. The third kappa shape index (κ3) is 6.21. The topological polar surface area (TPSA) is 104 Å². The summed E-state index contributed by atoms with van der Waals surface area (Å²) >= 11 is 2.07. The second-order valence-electron chi connectivity index (χ2n) is 5.67. The van der Waals surface area contributed by atoms with E-state index in [0.29, 0.717) is 17.8 Å². The molecule has 0 fully saturated rings. The van der Waals surface area contributed by atoms with E-state index in [1.165, 1.54) is 24.3 Å². The Hall–Kier alpha value is -2.14. The number of urea groups is 1. The van der Waals surface area contributed by atoms with E-state index in [9.17, 15) is 18.0 Å². The molecule has 0 aromatic heterocycles. The van der Waals surface area contributed by atoms with Gasteiger partial charge in [0.25, 0.3) is 15.9 Å². The number of carbonyl (C=O) groups is 2. The Kier molecular flexibility index (Phi) is 7.60. The monoisotopic (exact) mass is 501 g/mol. The van der Waals surface area contributed by atoms with Crippen molar-refractivity contribution in [2.24, 2.45) is 0 Å². The van der Waals surface area contributed by atoms with Crippen molar-refractivity contribution in [2.45, 2.75) is 24.7 Å². The Morgan fingerprint density at radius 3 is 2.33 bits per heavy atom. The van der Waals surface area contributed by atoms with Crippen LogP contribution in [0.4, 0.5) is 10.5 Å². The Balaban J connectivity index is 2.02. The van der Waals surface area contributed by atoms with Gasteiger partial charge in [-0.3, -0.25) is 4.79 Å². The lowest BCUT2D eigenvalue weighted by Gasteiger charge is -2.10. The van der Waals surface area contributed by atoms with Crippen LogP contribution in [-0.2, 0) is 10.0 Å². The zero-order chi connectivity index (χ0) is 19.9. The van der Waals surface area contributed by atoms with E-state index >= 15 is 0 Å². The third-order valence-corrected chi connectivity index (χ3v) is 5.87. The number of hydrogen-bond donors (Lipinski definition) is 3. The van der Waals surface area contributed by atoms with E-state index in [1.54, 1.807) is 12.1 Å². The van der Waals surface area contributed by atoms with Crippen LogP contribution in [-0.4, -0.2) is 26.9 Å². The highest BCUT2D eigenvalue weighted by Crippen LogP contribution is 2.17. The van der Waals surface area contributed by atoms with Crippen LogP contribution in [0.2, 0.25) is 0 Å². The van der Waals surface area contributed by atoms with Crippen molar-refractivity contribution in [3.8, 4) is 0 Å². The van der Waals surface area contributed by atoms with Crippen LogP contribution in [0.5, 0.6) is 0 Å². The van der Waals surface area contributed by atoms with E-state index in [0.717, 1.165) is 16.4 Å². The Morgan fingerprint density at radius 1 is 1.04 bits per heavy atom.